The van der Waals surface area contributed by atoms with Crippen molar-refractivity contribution in [1.82, 2.24) is 0 Å². The van der Waals surface area contributed by atoms with Crippen LogP contribution in [0.25, 0.3) is 0 Å². The van der Waals surface area contributed by atoms with Crippen LogP contribution in [0.3, 0.4) is 0 Å². The van der Waals surface area contributed by atoms with Crippen LogP contribution in [-0.4, -0.2) is 23.6 Å². The van der Waals surface area contributed by atoms with Crippen LogP contribution in [0.1, 0.15) is 11.1 Å². The van der Waals surface area contributed by atoms with Gasteiger partial charge in [-0.15, -0.1) is 11.6 Å². The van der Waals surface area contributed by atoms with Crippen molar-refractivity contribution in [3.05, 3.63) is 28.6 Å². The Morgan fingerprint density at radius 1 is 1.11 bits per heavy atom. The first-order chi connectivity index (χ1) is 8.97. The molecule has 1 aromatic carbocycles. The van der Waals surface area contributed by atoms with Gasteiger partial charge < -0.3 is 10.4 Å². The van der Waals surface area contributed by atoms with Crippen LogP contribution in [0, 0.1) is 40.1 Å². The minimum absolute atomic E-state index is 0.175. The number of hydrogen-bond acceptors (Lipinski definition) is 4. The molecular formula is C11H7ClF3N3O. The van der Waals surface area contributed by atoms with E-state index in [1.165, 1.54) is 12.1 Å². The maximum Gasteiger partial charge on any atom is 0.181 e. The van der Waals surface area contributed by atoms with E-state index in [-0.39, 0.29) is 12.4 Å². The summed E-state index contributed by atoms with van der Waals surface area (Å²) in [7, 11) is 0. The Bertz CT molecular complexity index is 580. The molecule has 1 atom stereocenters. The molecule has 0 saturated heterocycles. The second-order valence-corrected chi connectivity index (χ2v) is 3.79. The number of aliphatic hydroxyl groups excluding tert-OH is 1. The van der Waals surface area contributed by atoms with Crippen molar-refractivity contribution in [2.75, 3.05) is 17.7 Å². The van der Waals surface area contributed by atoms with Gasteiger partial charge in [0.25, 0.3) is 0 Å². The minimum Gasteiger partial charge on any atom is -0.390 e. The molecule has 0 heterocycles. The third kappa shape index (κ3) is 2.90. The fourth-order valence-electron chi connectivity index (χ4n) is 1.30. The number of anilines is 1. The largest absolute Gasteiger partial charge is 0.390 e. The molecule has 8 heteroatoms. The highest BCUT2D eigenvalue weighted by molar-refractivity contribution is 6.18. The van der Waals surface area contributed by atoms with Gasteiger partial charge in [-0.3, -0.25) is 0 Å². The standard InChI is InChI=1S/C11H7ClF3N3O/c12-1-5(19)4-18-11-7(3-17)9(14)8(13)6(2-16)10(11)15/h5,18-19H,1,4H2. The summed E-state index contributed by atoms with van der Waals surface area (Å²) in [6, 6.07) is 2.47. The lowest BCUT2D eigenvalue weighted by atomic mass is 10.1. The predicted molar refractivity (Wildman–Crippen MR) is 61.0 cm³/mol. The highest BCUT2D eigenvalue weighted by Gasteiger charge is 2.25. The summed E-state index contributed by atoms with van der Waals surface area (Å²) in [6.07, 6.45) is -1.08. The van der Waals surface area contributed by atoms with Gasteiger partial charge in [-0.2, -0.15) is 10.5 Å². The zero-order valence-electron chi connectivity index (χ0n) is 9.35. The molecule has 0 aliphatic rings. The first-order valence-electron chi connectivity index (χ1n) is 4.96. The minimum atomic E-state index is -1.72. The summed E-state index contributed by atoms with van der Waals surface area (Å²) >= 11 is 5.31. The first-order valence-corrected chi connectivity index (χ1v) is 5.49. The first kappa shape index (κ1) is 15.1. The maximum absolute atomic E-state index is 13.8. The molecule has 1 unspecified atom stereocenters. The van der Waals surface area contributed by atoms with Crippen molar-refractivity contribution >= 4 is 17.3 Å². The summed E-state index contributed by atoms with van der Waals surface area (Å²) in [5, 5.41) is 28.7. The van der Waals surface area contributed by atoms with Crippen molar-refractivity contribution < 1.29 is 18.3 Å². The molecular weight excluding hydrogens is 283 g/mol. The number of hydrogen-bond donors (Lipinski definition) is 2. The average molecular weight is 290 g/mol. The van der Waals surface area contributed by atoms with E-state index in [4.69, 9.17) is 22.1 Å². The number of nitrogens with zero attached hydrogens (tertiary/aromatic N) is 2. The van der Waals surface area contributed by atoms with E-state index in [1.807, 2.05) is 0 Å². The summed E-state index contributed by atoms with van der Waals surface area (Å²) in [4.78, 5) is 0. The Balaban J connectivity index is 3.34. The van der Waals surface area contributed by atoms with Crippen LogP contribution in [0.4, 0.5) is 18.9 Å². The van der Waals surface area contributed by atoms with E-state index in [9.17, 15) is 18.3 Å². The summed E-state index contributed by atoms with van der Waals surface area (Å²) < 4.78 is 40.5. The lowest BCUT2D eigenvalue weighted by Crippen LogP contribution is -2.22. The van der Waals surface area contributed by atoms with Gasteiger partial charge >= 0.3 is 0 Å². The van der Waals surface area contributed by atoms with Crippen LogP contribution in [0.15, 0.2) is 0 Å². The molecule has 2 N–H and O–H groups in total. The normalized spacial score (nSPS) is 11.5. The Hall–Kier alpha value is -1.96. The van der Waals surface area contributed by atoms with Crippen LogP contribution in [-0.2, 0) is 0 Å². The number of aliphatic hydroxyl groups is 1. The quantitative estimate of drug-likeness (QED) is 0.655. The lowest BCUT2D eigenvalue weighted by molar-refractivity contribution is 0.211. The molecule has 0 aliphatic heterocycles. The molecule has 1 rings (SSSR count). The molecule has 0 amide bonds. The van der Waals surface area contributed by atoms with Gasteiger partial charge in [-0.1, -0.05) is 0 Å². The van der Waals surface area contributed by atoms with Crippen LogP contribution in [0.5, 0.6) is 0 Å². The fraction of sp³-hybridized carbons (Fsp3) is 0.273. The van der Waals surface area contributed by atoms with Gasteiger partial charge in [0, 0.05) is 6.54 Å². The lowest BCUT2D eigenvalue weighted by Gasteiger charge is -2.13. The fourth-order valence-corrected chi connectivity index (χ4v) is 1.41. The number of benzene rings is 1. The summed E-state index contributed by atoms with van der Waals surface area (Å²) in [5.41, 5.74) is -2.72. The summed E-state index contributed by atoms with van der Waals surface area (Å²) in [6.45, 7) is -0.287. The van der Waals surface area contributed by atoms with E-state index < -0.39 is 40.4 Å². The third-order valence-electron chi connectivity index (χ3n) is 2.24. The van der Waals surface area contributed by atoms with E-state index >= 15 is 0 Å². The van der Waals surface area contributed by atoms with Crippen molar-refractivity contribution in [1.29, 1.82) is 10.5 Å². The van der Waals surface area contributed by atoms with Gasteiger partial charge in [-0.05, 0) is 0 Å². The second-order valence-electron chi connectivity index (χ2n) is 3.48. The van der Waals surface area contributed by atoms with Crippen LogP contribution in [0.2, 0.25) is 0 Å². The Kier molecular flexibility index (Phi) is 4.99. The van der Waals surface area contributed by atoms with E-state index in [0.717, 1.165) is 0 Å². The molecule has 0 saturated carbocycles. The summed E-state index contributed by atoms with van der Waals surface area (Å²) in [5.74, 6) is -4.91. The van der Waals surface area contributed by atoms with E-state index in [2.05, 4.69) is 5.32 Å². The molecule has 19 heavy (non-hydrogen) atoms. The number of alkyl halides is 1. The van der Waals surface area contributed by atoms with Crippen molar-refractivity contribution in [2.24, 2.45) is 0 Å². The zero-order valence-corrected chi connectivity index (χ0v) is 10.1. The average Bonchev–Trinajstić information content (AvgIpc) is 2.41. The van der Waals surface area contributed by atoms with E-state index in [1.54, 1.807) is 0 Å². The molecule has 1 aromatic rings. The second kappa shape index (κ2) is 6.28. The van der Waals surface area contributed by atoms with Gasteiger partial charge in [-0.25, -0.2) is 13.2 Å². The highest BCUT2D eigenvalue weighted by Crippen LogP contribution is 2.28. The van der Waals surface area contributed by atoms with Crippen molar-refractivity contribution in [3.8, 4) is 12.1 Å². The Morgan fingerprint density at radius 3 is 2.11 bits per heavy atom. The van der Waals surface area contributed by atoms with Crippen LogP contribution >= 0.6 is 11.6 Å². The van der Waals surface area contributed by atoms with E-state index in [0.29, 0.717) is 0 Å². The number of halogens is 4. The molecule has 0 aromatic heterocycles. The molecule has 0 radical (unpaired) electrons. The third-order valence-corrected chi connectivity index (χ3v) is 2.59. The predicted octanol–water partition coefficient (Wildman–Crippen LogP) is 1.86. The van der Waals surface area contributed by atoms with Gasteiger partial charge in [0.2, 0.25) is 0 Å². The molecule has 0 aliphatic carbocycles. The van der Waals surface area contributed by atoms with Crippen molar-refractivity contribution in [3.63, 3.8) is 0 Å². The molecule has 100 valence electrons. The van der Waals surface area contributed by atoms with Gasteiger partial charge in [0.15, 0.2) is 17.5 Å². The maximum atomic E-state index is 13.8. The Labute approximate surface area is 111 Å². The topological polar surface area (TPSA) is 79.8 Å². The zero-order chi connectivity index (χ0) is 14.6. The molecule has 0 spiro atoms. The number of nitriles is 2. The Morgan fingerprint density at radius 2 is 1.63 bits per heavy atom. The van der Waals surface area contributed by atoms with Crippen molar-refractivity contribution in [2.45, 2.75) is 6.10 Å². The smallest absolute Gasteiger partial charge is 0.181 e. The number of nitrogens with one attached hydrogen (secondary N) is 1. The monoisotopic (exact) mass is 289 g/mol. The number of rotatable bonds is 4. The van der Waals surface area contributed by atoms with Gasteiger partial charge in [0.05, 0.1) is 17.7 Å². The van der Waals surface area contributed by atoms with Crippen LogP contribution < -0.4 is 5.32 Å². The molecule has 0 fully saturated rings. The SMILES string of the molecule is N#Cc1c(F)c(F)c(C#N)c(NCC(O)CCl)c1F. The highest BCUT2D eigenvalue weighted by atomic mass is 35.5. The molecule has 4 nitrogen and oxygen atoms in total. The molecule has 0 bridgehead atoms. The van der Waals surface area contributed by atoms with Gasteiger partial charge in [0.1, 0.15) is 23.3 Å².